The molecule has 108 valence electrons. The molecule has 1 heterocycles. The van der Waals surface area contributed by atoms with Crippen LogP contribution in [-0.4, -0.2) is 53.7 Å². The lowest BCUT2D eigenvalue weighted by Crippen LogP contribution is -2.56. The van der Waals surface area contributed by atoms with Crippen molar-refractivity contribution < 1.29 is 38.8 Å². The van der Waals surface area contributed by atoms with Gasteiger partial charge in [-0.1, -0.05) is 0 Å². The topological polar surface area (TPSA) is 119 Å². The molecule has 8 heteroatoms. The van der Waals surface area contributed by atoms with Crippen LogP contribution in [0.1, 0.15) is 20.3 Å². The van der Waals surface area contributed by atoms with E-state index in [-0.39, 0.29) is 13.0 Å². The highest BCUT2D eigenvalue weighted by molar-refractivity contribution is 5.98. The van der Waals surface area contributed by atoms with Crippen molar-refractivity contribution in [3.05, 3.63) is 0 Å². The van der Waals surface area contributed by atoms with Gasteiger partial charge < -0.3 is 24.4 Å². The quantitative estimate of drug-likeness (QED) is 0.526. The molecule has 1 rings (SSSR count). The Labute approximate surface area is 109 Å². The molecule has 0 unspecified atom stereocenters. The zero-order chi connectivity index (χ0) is 14.7. The lowest BCUT2D eigenvalue weighted by atomic mass is 9.89. The molecule has 0 aromatic heterocycles. The highest BCUT2D eigenvalue weighted by atomic mass is 16.7. The molecule has 2 N–H and O–H groups in total. The number of esters is 1. The van der Waals surface area contributed by atoms with Gasteiger partial charge in [0.05, 0.1) is 26.2 Å². The van der Waals surface area contributed by atoms with Gasteiger partial charge in [0.15, 0.2) is 5.79 Å². The van der Waals surface area contributed by atoms with E-state index in [0.717, 1.165) is 0 Å². The molecule has 1 saturated heterocycles. The number of carbonyl (C=O) groups is 3. The minimum absolute atomic E-state index is 0.198. The average molecular weight is 276 g/mol. The third-order valence-corrected chi connectivity index (χ3v) is 2.84. The highest BCUT2D eigenvalue weighted by Crippen LogP contribution is 2.32. The van der Waals surface area contributed by atoms with Crippen LogP contribution >= 0.6 is 0 Å². The van der Waals surface area contributed by atoms with Gasteiger partial charge in [-0.3, -0.25) is 14.4 Å². The van der Waals surface area contributed by atoms with Crippen LogP contribution in [0.5, 0.6) is 0 Å². The van der Waals surface area contributed by atoms with Crippen molar-refractivity contribution in [1.82, 2.24) is 0 Å². The summed E-state index contributed by atoms with van der Waals surface area (Å²) in [6.45, 7) is 2.12. The van der Waals surface area contributed by atoms with E-state index in [2.05, 4.69) is 0 Å². The maximum atomic E-state index is 11.3. The number of carboxylic acids is 2. The predicted molar refractivity (Wildman–Crippen MR) is 59.3 cm³/mol. The smallest absolute Gasteiger partial charge is 0.325 e. The van der Waals surface area contributed by atoms with Crippen molar-refractivity contribution >= 4 is 17.9 Å². The second kappa shape index (κ2) is 5.54. The van der Waals surface area contributed by atoms with Gasteiger partial charge in [0.1, 0.15) is 0 Å². The Morgan fingerprint density at radius 3 is 2.00 bits per heavy atom. The summed E-state index contributed by atoms with van der Waals surface area (Å²) in [4.78, 5) is 33.4. The maximum absolute atomic E-state index is 11.3. The van der Waals surface area contributed by atoms with E-state index < -0.39 is 42.3 Å². The van der Waals surface area contributed by atoms with Crippen LogP contribution in [0.25, 0.3) is 0 Å². The summed E-state index contributed by atoms with van der Waals surface area (Å²) < 4.78 is 15.0. The molecule has 0 atom stereocenters. The van der Waals surface area contributed by atoms with Crippen molar-refractivity contribution in [2.24, 2.45) is 5.41 Å². The van der Waals surface area contributed by atoms with Gasteiger partial charge in [-0.25, -0.2) is 0 Å². The number of hydrogen-bond donors (Lipinski definition) is 2. The Bertz CT molecular complexity index is 364. The molecule has 0 aromatic rings. The van der Waals surface area contributed by atoms with Crippen molar-refractivity contribution in [3.63, 3.8) is 0 Å². The van der Waals surface area contributed by atoms with Crippen LogP contribution in [0.3, 0.4) is 0 Å². The zero-order valence-corrected chi connectivity index (χ0v) is 10.7. The van der Waals surface area contributed by atoms with E-state index in [0.29, 0.717) is 0 Å². The fraction of sp³-hybridized carbons (Fsp3) is 0.727. The SMILES string of the molecule is CCOC(=O)CC1(C)OCC(C(=O)O)(C(=O)O)CO1. The van der Waals surface area contributed by atoms with Crippen LogP contribution in [-0.2, 0) is 28.6 Å². The van der Waals surface area contributed by atoms with E-state index in [1.807, 2.05) is 0 Å². The van der Waals surface area contributed by atoms with Gasteiger partial charge in [-0.05, 0) is 13.8 Å². The first-order valence-corrected chi connectivity index (χ1v) is 5.66. The maximum Gasteiger partial charge on any atom is 0.325 e. The number of ether oxygens (including phenoxy) is 3. The van der Waals surface area contributed by atoms with Gasteiger partial charge in [-0.15, -0.1) is 0 Å². The van der Waals surface area contributed by atoms with Crippen LogP contribution in [0.2, 0.25) is 0 Å². The molecule has 0 aromatic carbocycles. The van der Waals surface area contributed by atoms with Crippen LogP contribution < -0.4 is 0 Å². The van der Waals surface area contributed by atoms with E-state index in [1.165, 1.54) is 6.92 Å². The lowest BCUT2D eigenvalue weighted by Gasteiger charge is -2.39. The minimum Gasteiger partial charge on any atom is -0.480 e. The van der Waals surface area contributed by atoms with Crippen molar-refractivity contribution in [2.45, 2.75) is 26.1 Å². The van der Waals surface area contributed by atoms with Gasteiger partial charge in [0, 0.05) is 0 Å². The van der Waals surface area contributed by atoms with Crippen molar-refractivity contribution in [3.8, 4) is 0 Å². The molecule has 0 bridgehead atoms. The molecule has 1 fully saturated rings. The Hall–Kier alpha value is -1.67. The lowest BCUT2D eigenvalue weighted by molar-refractivity contribution is -0.291. The zero-order valence-electron chi connectivity index (χ0n) is 10.7. The summed E-state index contributed by atoms with van der Waals surface area (Å²) in [5, 5.41) is 17.9. The number of aliphatic carboxylic acids is 2. The number of hydrogen-bond acceptors (Lipinski definition) is 6. The number of rotatable bonds is 5. The summed E-state index contributed by atoms with van der Waals surface area (Å²) in [5.41, 5.74) is -2.14. The van der Waals surface area contributed by atoms with E-state index in [1.54, 1.807) is 6.92 Å². The molecule has 19 heavy (non-hydrogen) atoms. The third kappa shape index (κ3) is 3.21. The Morgan fingerprint density at radius 2 is 1.63 bits per heavy atom. The predicted octanol–water partition coefficient (Wildman–Crippen LogP) is -0.142. The molecule has 1 aliphatic heterocycles. The third-order valence-electron chi connectivity index (χ3n) is 2.84. The molecule has 0 radical (unpaired) electrons. The normalized spacial score (nSPS) is 20.5. The van der Waals surface area contributed by atoms with Gasteiger partial charge in [0.25, 0.3) is 0 Å². The molecule has 0 aliphatic carbocycles. The number of carboxylic acid groups (broad SMARTS) is 2. The second-order valence-electron chi connectivity index (χ2n) is 4.39. The molecular weight excluding hydrogens is 260 g/mol. The highest BCUT2D eigenvalue weighted by Gasteiger charge is 2.54. The van der Waals surface area contributed by atoms with E-state index in [9.17, 15) is 14.4 Å². The first-order chi connectivity index (χ1) is 8.76. The number of carbonyl (C=O) groups excluding carboxylic acids is 1. The van der Waals surface area contributed by atoms with Crippen LogP contribution in [0.4, 0.5) is 0 Å². The van der Waals surface area contributed by atoms with Crippen molar-refractivity contribution in [2.75, 3.05) is 19.8 Å². The van der Waals surface area contributed by atoms with E-state index >= 15 is 0 Å². The Kier molecular flexibility index (Phi) is 4.48. The molecule has 0 spiro atoms. The summed E-state index contributed by atoms with van der Waals surface area (Å²) in [6.07, 6.45) is -0.240. The summed E-state index contributed by atoms with van der Waals surface area (Å²) in [6, 6.07) is 0. The first kappa shape index (κ1) is 15.4. The summed E-state index contributed by atoms with van der Waals surface area (Å²) in [5.74, 6) is -5.03. The van der Waals surface area contributed by atoms with Gasteiger partial charge in [0.2, 0.25) is 5.41 Å². The van der Waals surface area contributed by atoms with Gasteiger partial charge >= 0.3 is 17.9 Å². The van der Waals surface area contributed by atoms with Crippen molar-refractivity contribution in [1.29, 1.82) is 0 Å². The summed E-state index contributed by atoms with van der Waals surface area (Å²) in [7, 11) is 0. The van der Waals surface area contributed by atoms with E-state index in [4.69, 9.17) is 24.4 Å². The Morgan fingerprint density at radius 1 is 1.16 bits per heavy atom. The molecule has 0 saturated carbocycles. The fourth-order valence-corrected chi connectivity index (χ4v) is 1.55. The molecule has 0 amide bonds. The second-order valence-corrected chi connectivity index (χ2v) is 4.39. The largest absolute Gasteiger partial charge is 0.480 e. The van der Waals surface area contributed by atoms with Crippen LogP contribution in [0, 0.1) is 5.41 Å². The monoisotopic (exact) mass is 276 g/mol. The first-order valence-electron chi connectivity index (χ1n) is 5.66. The molecule has 1 aliphatic rings. The molecular formula is C11H16O8. The molecule has 8 nitrogen and oxygen atoms in total. The summed E-state index contributed by atoms with van der Waals surface area (Å²) >= 11 is 0. The Balaban J connectivity index is 2.72. The standard InChI is InChI=1S/C11H16O8/c1-3-17-7(12)4-10(2)18-5-11(6-19-10,8(13)14)9(15)16/h3-6H2,1-2H3,(H,13,14)(H,15,16). The van der Waals surface area contributed by atoms with Gasteiger partial charge in [-0.2, -0.15) is 0 Å². The fourth-order valence-electron chi connectivity index (χ4n) is 1.55. The average Bonchev–Trinajstić information content (AvgIpc) is 2.29. The van der Waals surface area contributed by atoms with Crippen LogP contribution in [0.15, 0.2) is 0 Å². The minimum atomic E-state index is -2.14.